The third-order valence-electron chi connectivity index (χ3n) is 3.39. The van der Waals surface area contributed by atoms with Crippen LogP contribution in [0.3, 0.4) is 0 Å². The summed E-state index contributed by atoms with van der Waals surface area (Å²) in [7, 11) is 0. The molecular weight excluding hydrogens is 276 g/mol. The van der Waals surface area contributed by atoms with E-state index in [0.717, 1.165) is 11.3 Å². The third kappa shape index (κ3) is 4.60. The number of nitrogens with two attached hydrogens (primary N) is 1. The summed E-state index contributed by atoms with van der Waals surface area (Å²) in [4.78, 5) is 11.9. The Balaban J connectivity index is 1.84. The molecule has 4 heteroatoms. The molecule has 0 aliphatic rings. The van der Waals surface area contributed by atoms with Crippen molar-refractivity contribution in [2.45, 2.75) is 26.3 Å². The Morgan fingerprint density at radius 3 is 2.27 bits per heavy atom. The van der Waals surface area contributed by atoms with Crippen LogP contribution in [0.2, 0.25) is 0 Å². The van der Waals surface area contributed by atoms with Gasteiger partial charge in [-0.3, -0.25) is 4.79 Å². The summed E-state index contributed by atoms with van der Waals surface area (Å²) in [6, 6.07) is 15.3. The fourth-order valence-electron chi connectivity index (χ4n) is 2.02. The standard InChI is InChI=1S/C18H22N2O2/c1-13(2)15-5-9-17(10-6-15)22-12-18(21)20-16-7-3-14(11-19)4-8-16/h3-10,13H,11-12,19H2,1-2H3,(H,20,21). The first-order valence-electron chi connectivity index (χ1n) is 7.40. The number of rotatable bonds is 6. The number of amides is 1. The Morgan fingerprint density at radius 1 is 1.09 bits per heavy atom. The molecule has 0 atom stereocenters. The van der Waals surface area contributed by atoms with E-state index in [9.17, 15) is 4.79 Å². The highest BCUT2D eigenvalue weighted by atomic mass is 16.5. The average molecular weight is 298 g/mol. The maximum absolute atomic E-state index is 11.9. The predicted molar refractivity (Wildman–Crippen MR) is 89.0 cm³/mol. The lowest BCUT2D eigenvalue weighted by Gasteiger charge is -2.09. The van der Waals surface area contributed by atoms with Crippen LogP contribution >= 0.6 is 0 Å². The number of hydrogen-bond donors (Lipinski definition) is 2. The molecule has 2 rings (SSSR count). The normalized spacial score (nSPS) is 10.5. The van der Waals surface area contributed by atoms with Crippen molar-refractivity contribution in [3.63, 3.8) is 0 Å². The molecule has 0 fully saturated rings. The number of ether oxygens (including phenoxy) is 1. The molecule has 0 aliphatic heterocycles. The summed E-state index contributed by atoms with van der Waals surface area (Å²) in [5.74, 6) is 0.986. The van der Waals surface area contributed by atoms with Crippen molar-refractivity contribution in [1.82, 2.24) is 0 Å². The highest BCUT2D eigenvalue weighted by Gasteiger charge is 2.05. The minimum Gasteiger partial charge on any atom is -0.484 e. The quantitative estimate of drug-likeness (QED) is 0.860. The maximum atomic E-state index is 11.9. The smallest absolute Gasteiger partial charge is 0.262 e. The van der Waals surface area contributed by atoms with E-state index >= 15 is 0 Å². The van der Waals surface area contributed by atoms with Gasteiger partial charge in [0.05, 0.1) is 0 Å². The van der Waals surface area contributed by atoms with E-state index in [-0.39, 0.29) is 12.5 Å². The van der Waals surface area contributed by atoms with Crippen molar-refractivity contribution in [2.75, 3.05) is 11.9 Å². The minimum absolute atomic E-state index is 0.0142. The maximum Gasteiger partial charge on any atom is 0.262 e. The molecule has 0 aliphatic carbocycles. The highest BCUT2D eigenvalue weighted by molar-refractivity contribution is 5.91. The first-order valence-corrected chi connectivity index (χ1v) is 7.40. The van der Waals surface area contributed by atoms with Crippen molar-refractivity contribution < 1.29 is 9.53 Å². The zero-order valence-electron chi connectivity index (χ0n) is 13.0. The molecule has 0 heterocycles. The molecule has 3 N–H and O–H groups in total. The topological polar surface area (TPSA) is 64.3 Å². The van der Waals surface area contributed by atoms with E-state index in [0.29, 0.717) is 18.2 Å². The summed E-state index contributed by atoms with van der Waals surface area (Å²) in [5, 5.41) is 2.79. The van der Waals surface area contributed by atoms with Crippen molar-refractivity contribution in [3.05, 3.63) is 59.7 Å². The molecule has 2 aromatic carbocycles. The molecule has 1 amide bonds. The molecular formula is C18H22N2O2. The molecule has 0 spiro atoms. The lowest BCUT2D eigenvalue weighted by atomic mass is 10.0. The zero-order chi connectivity index (χ0) is 15.9. The van der Waals surface area contributed by atoms with Gasteiger partial charge in [-0.15, -0.1) is 0 Å². The van der Waals surface area contributed by atoms with Crippen LogP contribution in [0, 0.1) is 0 Å². The van der Waals surface area contributed by atoms with Gasteiger partial charge in [0.2, 0.25) is 0 Å². The summed E-state index contributed by atoms with van der Waals surface area (Å²) < 4.78 is 5.49. The van der Waals surface area contributed by atoms with Gasteiger partial charge in [0, 0.05) is 12.2 Å². The first-order chi connectivity index (χ1) is 10.6. The van der Waals surface area contributed by atoms with E-state index in [1.165, 1.54) is 5.56 Å². The van der Waals surface area contributed by atoms with Gasteiger partial charge in [-0.25, -0.2) is 0 Å². The molecule has 22 heavy (non-hydrogen) atoms. The van der Waals surface area contributed by atoms with E-state index < -0.39 is 0 Å². The minimum atomic E-state index is -0.187. The lowest BCUT2D eigenvalue weighted by Crippen LogP contribution is -2.20. The Labute approximate surface area is 131 Å². The van der Waals surface area contributed by atoms with Crippen LogP contribution in [-0.4, -0.2) is 12.5 Å². The average Bonchev–Trinajstić information content (AvgIpc) is 2.54. The second-order valence-electron chi connectivity index (χ2n) is 5.46. The Bertz CT molecular complexity index is 604. The monoisotopic (exact) mass is 298 g/mol. The predicted octanol–water partition coefficient (Wildman–Crippen LogP) is 3.29. The Morgan fingerprint density at radius 2 is 1.73 bits per heavy atom. The SMILES string of the molecule is CC(C)c1ccc(OCC(=O)Nc2ccc(CN)cc2)cc1. The molecule has 0 aromatic heterocycles. The molecule has 116 valence electrons. The van der Waals surface area contributed by atoms with E-state index in [2.05, 4.69) is 19.2 Å². The number of hydrogen-bond acceptors (Lipinski definition) is 3. The summed E-state index contributed by atoms with van der Waals surface area (Å²) >= 11 is 0. The van der Waals surface area contributed by atoms with Crippen LogP contribution in [0.1, 0.15) is 30.9 Å². The Kier molecular flexibility index (Phi) is 5.55. The Hall–Kier alpha value is -2.33. The van der Waals surface area contributed by atoms with Crippen LogP contribution in [0.5, 0.6) is 5.75 Å². The van der Waals surface area contributed by atoms with Crippen LogP contribution < -0.4 is 15.8 Å². The molecule has 0 saturated heterocycles. The van der Waals surface area contributed by atoms with Gasteiger partial charge in [0.25, 0.3) is 5.91 Å². The van der Waals surface area contributed by atoms with Gasteiger partial charge in [0.1, 0.15) is 5.75 Å². The summed E-state index contributed by atoms with van der Waals surface area (Å²) in [6.07, 6.45) is 0. The number of anilines is 1. The number of benzene rings is 2. The summed E-state index contributed by atoms with van der Waals surface area (Å²) in [6.45, 7) is 4.75. The molecule has 4 nitrogen and oxygen atoms in total. The number of carbonyl (C=O) groups excluding carboxylic acids is 1. The van der Waals surface area contributed by atoms with Crippen molar-refractivity contribution in [3.8, 4) is 5.75 Å². The lowest BCUT2D eigenvalue weighted by molar-refractivity contribution is -0.118. The summed E-state index contributed by atoms with van der Waals surface area (Å²) in [5.41, 5.74) is 8.55. The second-order valence-corrected chi connectivity index (χ2v) is 5.46. The molecule has 0 radical (unpaired) electrons. The van der Waals surface area contributed by atoms with Crippen molar-refractivity contribution >= 4 is 11.6 Å². The van der Waals surface area contributed by atoms with Crippen LogP contribution in [0.25, 0.3) is 0 Å². The van der Waals surface area contributed by atoms with Gasteiger partial charge in [-0.1, -0.05) is 38.1 Å². The molecule has 0 unspecified atom stereocenters. The molecule has 2 aromatic rings. The van der Waals surface area contributed by atoms with Crippen LogP contribution in [0.15, 0.2) is 48.5 Å². The van der Waals surface area contributed by atoms with Crippen molar-refractivity contribution in [2.24, 2.45) is 5.73 Å². The third-order valence-corrected chi connectivity index (χ3v) is 3.39. The second kappa shape index (κ2) is 7.61. The van der Waals surface area contributed by atoms with Crippen LogP contribution in [-0.2, 0) is 11.3 Å². The van der Waals surface area contributed by atoms with Gasteiger partial charge in [-0.05, 0) is 41.3 Å². The highest BCUT2D eigenvalue weighted by Crippen LogP contribution is 2.18. The van der Waals surface area contributed by atoms with Gasteiger partial charge in [-0.2, -0.15) is 0 Å². The van der Waals surface area contributed by atoms with Gasteiger partial charge >= 0.3 is 0 Å². The fraction of sp³-hybridized carbons (Fsp3) is 0.278. The van der Waals surface area contributed by atoms with E-state index in [1.54, 1.807) is 0 Å². The number of carbonyl (C=O) groups is 1. The number of nitrogens with one attached hydrogen (secondary N) is 1. The first kappa shape index (κ1) is 16.0. The molecule has 0 saturated carbocycles. The van der Waals surface area contributed by atoms with Crippen LogP contribution in [0.4, 0.5) is 5.69 Å². The fourth-order valence-corrected chi connectivity index (χ4v) is 2.02. The van der Waals surface area contributed by atoms with E-state index in [4.69, 9.17) is 10.5 Å². The van der Waals surface area contributed by atoms with Gasteiger partial charge < -0.3 is 15.8 Å². The largest absolute Gasteiger partial charge is 0.484 e. The van der Waals surface area contributed by atoms with Crippen molar-refractivity contribution in [1.29, 1.82) is 0 Å². The zero-order valence-corrected chi connectivity index (χ0v) is 13.0. The van der Waals surface area contributed by atoms with Gasteiger partial charge in [0.15, 0.2) is 6.61 Å². The van der Waals surface area contributed by atoms with E-state index in [1.807, 2.05) is 48.5 Å². The molecule has 0 bridgehead atoms.